The van der Waals surface area contributed by atoms with Crippen molar-refractivity contribution in [3.63, 3.8) is 0 Å². The van der Waals surface area contributed by atoms with Crippen molar-refractivity contribution in [3.8, 4) is 11.8 Å². The average molecular weight is 306 g/mol. The molecule has 0 radical (unpaired) electrons. The summed E-state index contributed by atoms with van der Waals surface area (Å²) < 4.78 is 0. The summed E-state index contributed by atoms with van der Waals surface area (Å²) in [4.78, 5) is 15.7. The van der Waals surface area contributed by atoms with E-state index in [1.54, 1.807) is 0 Å². The van der Waals surface area contributed by atoms with E-state index >= 15 is 0 Å². The second-order valence-electron chi connectivity index (χ2n) is 5.53. The zero-order valence-corrected chi connectivity index (χ0v) is 14.3. The second kappa shape index (κ2) is 8.86. The van der Waals surface area contributed by atoms with Gasteiger partial charge in [-0.3, -0.25) is 4.79 Å². The van der Waals surface area contributed by atoms with Gasteiger partial charge in [0.2, 0.25) is 0 Å². The van der Waals surface area contributed by atoms with E-state index in [2.05, 4.69) is 39.5 Å². The van der Waals surface area contributed by atoms with Crippen molar-refractivity contribution in [2.75, 3.05) is 13.1 Å². The molecule has 0 spiro atoms. The molecular weight excluding hydrogens is 280 g/mol. The summed E-state index contributed by atoms with van der Waals surface area (Å²) in [6.45, 7) is 9.71. The van der Waals surface area contributed by atoms with Crippen LogP contribution in [0.4, 0.5) is 0 Å². The van der Waals surface area contributed by atoms with Crippen LogP contribution in [0, 0.1) is 17.8 Å². The first-order chi connectivity index (χ1) is 10.0. The third-order valence-corrected chi connectivity index (χ3v) is 4.21. The monoisotopic (exact) mass is 306 g/mol. The van der Waals surface area contributed by atoms with Crippen LogP contribution in [0.15, 0.2) is 11.4 Å². The fourth-order valence-electron chi connectivity index (χ4n) is 2.34. The molecule has 4 heteroatoms. The van der Waals surface area contributed by atoms with Crippen LogP contribution < -0.4 is 5.73 Å². The van der Waals surface area contributed by atoms with Gasteiger partial charge in [0.1, 0.15) is 0 Å². The highest BCUT2D eigenvalue weighted by Crippen LogP contribution is 2.20. The molecule has 0 unspecified atom stereocenters. The van der Waals surface area contributed by atoms with Gasteiger partial charge in [-0.2, -0.15) is 0 Å². The number of nitrogens with two attached hydrogens (primary N) is 1. The summed E-state index contributed by atoms with van der Waals surface area (Å²) in [6, 6.07) is 2.18. The minimum absolute atomic E-state index is 0.120. The van der Waals surface area contributed by atoms with Gasteiger partial charge in [0.15, 0.2) is 0 Å². The number of carbonyl (C=O) groups excluding carboxylic acids is 1. The summed E-state index contributed by atoms with van der Waals surface area (Å²) in [5, 5.41) is 1.90. The molecule has 0 fully saturated rings. The van der Waals surface area contributed by atoms with E-state index < -0.39 is 0 Å². The van der Waals surface area contributed by atoms with Crippen molar-refractivity contribution in [3.05, 3.63) is 21.9 Å². The van der Waals surface area contributed by atoms with Gasteiger partial charge in [0.05, 0.1) is 17.0 Å². The van der Waals surface area contributed by atoms with Crippen molar-refractivity contribution in [1.82, 2.24) is 4.90 Å². The molecule has 2 N–H and O–H groups in total. The molecule has 1 amide bonds. The lowest BCUT2D eigenvalue weighted by Gasteiger charge is -2.32. The number of nitrogens with zero attached hydrogens (tertiary/aromatic N) is 1. The molecule has 0 aliphatic carbocycles. The summed E-state index contributed by atoms with van der Waals surface area (Å²) >= 11 is 1.50. The molecule has 1 aromatic rings. The number of thiophene rings is 1. The Morgan fingerprint density at radius 2 is 2.05 bits per heavy atom. The SMILES string of the molecule is CCC(CC)N(CC(C)C)C(=O)c1csc(C#CCN)c1. The Hall–Kier alpha value is -1.31. The number of amides is 1. The van der Waals surface area contributed by atoms with E-state index in [-0.39, 0.29) is 5.91 Å². The van der Waals surface area contributed by atoms with E-state index in [1.165, 1.54) is 11.3 Å². The molecule has 0 aliphatic heterocycles. The Labute approximate surface area is 132 Å². The predicted molar refractivity (Wildman–Crippen MR) is 90.5 cm³/mol. The first-order valence-electron chi connectivity index (χ1n) is 7.61. The topological polar surface area (TPSA) is 46.3 Å². The molecule has 0 aliphatic rings. The first kappa shape index (κ1) is 17.7. The maximum Gasteiger partial charge on any atom is 0.255 e. The molecule has 1 aromatic heterocycles. The van der Waals surface area contributed by atoms with E-state index in [9.17, 15) is 4.79 Å². The largest absolute Gasteiger partial charge is 0.335 e. The molecule has 0 bridgehead atoms. The summed E-state index contributed by atoms with van der Waals surface area (Å²) in [5.41, 5.74) is 6.12. The molecule has 1 rings (SSSR count). The van der Waals surface area contributed by atoms with Gasteiger partial charge in [-0.05, 0) is 24.8 Å². The molecule has 0 aromatic carbocycles. The highest BCUT2D eigenvalue weighted by Gasteiger charge is 2.23. The van der Waals surface area contributed by atoms with Crippen LogP contribution in [-0.2, 0) is 0 Å². The lowest BCUT2D eigenvalue weighted by molar-refractivity contribution is 0.0641. The van der Waals surface area contributed by atoms with E-state index in [0.717, 1.165) is 29.8 Å². The Kier molecular flexibility index (Phi) is 7.49. The lowest BCUT2D eigenvalue weighted by Crippen LogP contribution is -2.41. The predicted octanol–water partition coefficient (Wildman–Crippen LogP) is 3.35. The smallest absolute Gasteiger partial charge is 0.255 e. The normalized spacial score (nSPS) is 10.6. The quantitative estimate of drug-likeness (QED) is 0.819. The number of hydrogen-bond donors (Lipinski definition) is 1. The molecule has 0 atom stereocenters. The summed E-state index contributed by atoms with van der Waals surface area (Å²) in [5.74, 6) is 6.40. The lowest BCUT2D eigenvalue weighted by atomic mass is 10.1. The minimum Gasteiger partial charge on any atom is -0.335 e. The first-order valence-corrected chi connectivity index (χ1v) is 8.49. The standard InChI is InChI=1S/C17H26N2OS/c1-5-15(6-2)19(11-13(3)4)17(20)14-10-16(21-12-14)8-7-9-18/h10,12-13,15H,5-6,9,11,18H2,1-4H3. The fourth-order valence-corrected chi connectivity index (χ4v) is 3.09. The zero-order chi connectivity index (χ0) is 15.8. The molecule has 1 heterocycles. The fraction of sp³-hybridized carbons (Fsp3) is 0.588. The van der Waals surface area contributed by atoms with Gasteiger partial charge >= 0.3 is 0 Å². The number of hydrogen-bond acceptors (Lipinski definition) is 3. The van der Waals surface area contributed by atoms with Crippen molar-refractivity contribution in [2.24, 2.45) is 11.7 Å². The molecule has 0 saturated heterocycles. The molecular formula is C17H26N2OS. The highest BCUT2D eigenvalue weighted by molar-refractivity contribution is 7.10. The van der Waals surface area contributed by atoms with E-state index in [1.807, 2.05) is 16.3 Å². The van der Waals surface area contributed by atoms with Crippen molar-refractivity contribution >= 4 is 17.2 Å². The van der Waals surface area contributed by atoms with Crippen LogP contribution in [0.1, 0.15) is 55.8 Å². The van der Waals surface area contributed by atoms with E-state index in [0.29, 0.717) is 18.5 Å². The van der Waals surface area contributed by atoms with Crippen LogP contribution in [0.2, 0.25) is 0 Å². The summed E-state index contributed by atoms with van der Waals surface area (Å²) in [6.07, 6.45) is 1.97. The maximum atomic E-state index is 12.8. The number of carbonyl (C=O) groups is 1. The molecule has 116 valence electrons. The molecule has 0 saturated carbocycles. The van der Waals surface area contributed by atoms with Gasteiger partial charge in [0, 0.05) is 18.0 Å². The van der Waals surface area contributed by atoms with Crippen LogP contribution in [0.5, 0.6) is 0 Å². The number of rotatable bonds is 6. The van der Waals surface area contributed by atoms with Crippen molar-refractivity contribution in [2.45, 2.75) is 46.6 Å². The maximum absolute atomic E-state index is 12.8. The van der Waals surface area contributed by atoms with Gasteiger partial charge in [-0.15, -0.1) is 11.3 Å². The van der Waals surface area contributed by atoms with Crippen molar-refractivity contribution in [1.29, 1.82) is 0 Å². The van der Waals surface area contributed by atoms with Crippen molar-refractivity contribution < 1.29 is 4.79 Å². The summed E-state index contributed by atoms with van der Waals surface area (Å²) in [7, 11) is 0. The second-order valence-corrected chi connectivity index (χ2v) is 6.44. The third kappa shape index (κ3) is 5.18. The van der Waals surface area contributed by atoms with Gasteiger partial charge in [-0.1, -0.05) is 39.5 Å². The van der Waals surface area contributed by atoms with Crippen LogP contribution in [0.25, 0.3) is 0 Å². The Balaban J connectivity index is 2.96. The van der Waals surface area contributed by atoms with Crippen LogP contribution in [-0.4, -0.2) is 29.9 Å². The minimum atomic E-state index is 0.120. The van der Waals surface area contributed by atoms with Gasteiger partial charge in [-0.25, -0.2) is 0 Å². The average Bonchev–Trinajstić information content (AvgIpc) is 2.93. The molecule has 3 nitrogen and oxygen atoms in total. The van der Waals surface area contributed by atoms with Gasteiger partial charge in [0.25, 0.3) is 5.91 Å². The Morgan fingerprint density at radius 1 is 1.38 bits per heavy atom. The zero-order valence-electron chi connectivity index (χ0n) is 13.5. The Bertz CT molecular complexity index is 506. The van der Waals surface area contributed by atoms with Gasteiger partial charge < -0.3 is 10.6 Å². The van der Waals surface area contributed by atoms with Crippen LogP contribution in [0.3, 0.4) is 0 Å². The molecule has 21 heavy (non-hydrogen) atoms. The highest BCUT2D eigenvalue weighted by atomic mass is 32.1. The third-order valence-electron chi connectivity index (χ3n) is 3.37. The van der Waals surface area contributed by atoms with Crippen LogP contribution >= 0.6 is 11.3 Å². The Morgan fingerprint density at radius 3 is 2.57 bits per heavy atom. The van der Waals surface area contributed by atoms with E-state index in [4.69, 9.17) is 5.73 Å².